The maximum absolute atomic E-state index is 12.5. The fourth-order valence-corrected chi connectivity index (χ4v) is 3.43. The minimum atomic E-state index is 0.153. The maximum atomic E-state index is 12.5. The van der Waals surface area contributed by atoms with Crippen molar-refractivity contribution in [1.82, 2.24) is 4.90 Å². The van der Waals surface area contributed by atoms with E-state index in [1.165, 1.54) is 11.3 Å². The van der Waals surface area contributed by atoms with Crippen molar-refractivity contribution >= 4 is 23.1 Å². The minimum absolute atomic E-state index is 0.153. The number of Topliss-reactive ketones (excluding diaryl/α,β-unsaturated/α-hetero) is 1. The molecule has 5 heteroatoms. The zero-order valence-electron chi connectivity index (χ0n) is 15.4. The summed E-state index contributed by atoms with van der Waals surface area (Å²) in [5.74, 6) is 0.954. The first-order chi connectivity index (χ1) is 12.6. The van der Waals surface area contributed by atoms with E-state index in [0.29, 0.717) is 13.2 Å². The molecule has 1 aliphatic heterocycles. The minimum Gasteiger partial charge on any atom is -0.494 e. The number of ketones is 1. The third-order valence-corrected chi connectivity index (χ3v) is 4.97. The summed E-state index contributed by atoms with van der Waals surface area (Å²) < 4.78 is 5.43. The number of halogens is 1. The van der Waals surface area contributed by atoms with Crippen molar-refractivity contribution in [2.45, 2.75) is 13.8 Å². The van der Waals surface area contributed by atoms with Crippen LogP contribution in [0.15, 0.2) is 42.5 Å². The molecule has 0 atom stereocenters. The third kappa shape index (κ3) is 4.57. The van der Waals surface area contributed by atoms with E-state index < -0.39 is 0 Å². The van der Waals surface area contributed by atoms with Crippen molar-refractivity contribution in [3.05, 3.63) is 58.6 Å². The molecule has 1 saturated heterocycles. The lowest BCUT2D eigenvalue weighted by Gasteiger charge is -2.36. The summed E-state index contributed by atoms with van der Waals surface area (Å²) in [6, 6.07) is 13.4. The second-order valence-corrected chi connectivity index (χ2v) is 7.01. The molecule has 0 radical (unpaired) electrons. The fourth-order valence-electron chi connectivity index (χ4n) is 3.27. The number of carbonyl (C=O) groups is 1. The molecule has 1 aliphatic rings. The van der Waals surface area contributed by atoms with E-state index in [1.54, 1.807) is 0 Å². The summed E-state index contributed by atoms with van der Waals surface area (Å²) in [5.41, 5.74) is 3.16. The van der Waals surface area contributed by atoms with Gasteiger partial charge in [0.25, 0.3) is 0 Å². The van der Waals surface area contributed by atoms with E-state index in [2.05, 4.69) is 22.8 Å². The zero-order valence-corrected chi connectivity index (χ0v) is 16.1. The van der Waals surface area contributed by atoms with Gasteiger partial charge >= 0.3 is 0 Å². The van der Waals surface area contributed by atoms with Gasteiger partial charge in [-0.15, -0.1) is 0 Å². The predicted molar refractivity (Wildman–Crippen MR) is 107 cm³/mol. The van der Waals surface area contributed by atoms with Gasteiger partial charge in [-0.25, -0.2) is 0 Å². The van der Waals surface area contributed by atoms with E-state index in [-0.39, 0.29) is 5.78 Å². The molecule has 0 spiro atoms. The average molecular weight is 373 g/mol. The molecule has 0 aliphatic carbocycles. The second kappa shape index (κ2) is 8.56. The second-order valence-electron chi connectivity index (χ2n) is 6.57. The zero-order chi connectivity index (χ0) is 18.5. The van der Waals surface area contributed by atoms with Crippen LogP contribution in [-0.2, 0) is 0 Å². The number of anilines is 1. The van der Waals surface area contributed by atoms with Gasteiger partial charge in [0, 0.05) is 42.5 Å². The number of piperazine rings is 1. The van der Waals surface area contributed by atoms with E-state index >= 15 is 0 Å². The first-order valence-electron chi connectivity index (χ1n) is 9.06. The Balaban J connectivity index is 1.55. The number of benzene rings is 2. The lowest BCUT2D eigenvalue weighted by atomic mass is 10.1. The van der Waals surface area contributed by atoms with Crippen LogP contribution in [0.4, 0.5) is 5.69 Å². The molecule has 0 N–H and O–H groups in total. The molecule has 138 valence electrons. The van der Waals surface area contributed by atoms with E-state index in [4.69, 9.17) is 16.3 Å². The number of aryl methyl sites for hydroxylation is 1. The highest BCUT2D eigenvalue weighted by atomic mass is 35.5. The van der Waals surface area contributed by atoms with Crippen LogP contribution in [0.2, 0.25) is 5.02 Å². The average Bonchev–Trinajstić information content (AvgIpc) is 2.65. The number of nitrogens with zero attached hydrogens (tertiary/aromatic N) is 2. The van der Waals surface area contributed by atoms with Crippen LogP contribution < -0.4 is 9.64 Å². The summed E-state index contributed by atoms with van der Waals surface area (Å²) >= 11 is 6.14. The summed E-state index contributed by atoms with van der Waals surface area (Å²) in [4.78, 5) is 17.1. The predicted octanol–water partition coefficient (Wildman–Crippen LogP) is 4.05. The molecule has 1 heterocycles. The van der Waals surface area contributed by atoms with Gasteiger partial charge in [-0.3, -0.25) is 9.69 Å². The Morgan fingerprint density at radius 3 is 2.42 bits per heavy atom. The molecule has 0 amide bonds. The van der Waals surface area contributed by atoms with Gasteiger partial charge in [0.2, 0.25) is 0 Å². The Labute approximate surface area is 160 Å². The number of ether oxygens (including phenoxy) is 1. The number of carbonyl (C=O) groups excluding carboxylic acids is 1. The molecular formula is C21H25ClN2O2. The van der Waals surface area contributed by atoms with Crippen molar-refractivity contribution in [2.75, 3.05) is 44.2 Å². The van der Waals surface area contributed by atoms with Crippen molar-refractivity contribution in [3.8, 4) is 5.75 Å². The number of rotatable bonds is 6. The topological polar surface area (TPSA) is 32.8 Å². The van der Waals surface area contributed by atoms with Crippen LogP contribution in [0.3, 0.4) is 0 Å². The SMILES string of the molecule is CCOc1ccc(C(=O)CN2CCN(c3cc(Cl)ccc3C)CC2)cc1. The maximum Gasteiger partial charge on any atom is 0.176 e. The largest absolute Gasteiger partial charge is 0.494 e. The number of hydrogen-bond acceptors (Lipinski definition) is 4. The Morgan fingerprint density at radius 1 is 1.08 bits per heavy atom. The highest BCUT2D eigenvalue weighted by Gasteiger charge is 2.21. The molecule has 0 aromatic heterocycles. The van der Waals surface area contributed by atoms with Crippen molar-refractivity contribution in [3.63, 3.8) is 0 Å². The lowest BCUT2D eigenvalue weighted by Crippen LogP contribution is -2.48. The Kier molecular flexibility index (Phi) is 6.17. The molecule has 2 aromatic carbocycles. The van der Waals surface area contributed by atoms with E-state index in [0.717, 1.165) is 42.5 Å². The van der Waals surface area contributed by atoms with Crippen molar-refractivity contribution in [2.24, 2.45) is 0 Å². The monoisotopic (exact) mass is 372 g/mol. The first-order valence-corrected chi connectivity index (χ1v) is 9.44. The van der Waals surface area contributed by atoms with Gasteiger partial charge in [0.1, 0.15) is 5.75 Å². The molecule has 26 heavy (non-hydrogen) atoms. The normalized spacial score (nSPS) is 15.1. The quantitative estimate of drug-likeness (QED) is 0.716. The molecule has 0 bridgehead atoms. The Morgan fingerprint density at radius 2 is 1.77 bits per heavy atom. The van der Waals surface area contributed by atoms with Crippen molar-refractivity contribution < 1.29 is 9.53 Å². The molecule has 2 aromatic rings. The van der Waals surface area contributed by atoms with Crippen LogP contribution in [-0.4, -0.2) is 50.0 Å². The van der Waals surface area contributed by atoms with Crippen LogP contribution in [0.25, 0.3) is 0 Å². The Hall–Kier alpha value is -2.04. The van der Waals surface area contributed by atoms with Crippen LogP contribution >= 0.6 is 11.6 Å². The summed E-state index contributed by atoms with van der Waals surface area (Å²) in [5, 5.41) is 0.763. The van der Waals surface area contributed by atoms with Crippen LogP contribution in [0.5, 0.6) is 5.75 Å². The summed E-state index contributed by atoms with van der Waals surface area (Å²) in [6.07, 6.45) is 0. The smallest absolute Gasteiger partial charge is 0.176 e. The van der Waals surface area contributed by atoms with Gasteiger partial charge in [-0.1, -0.05) is 17.7 Å². The van der Waals surface area contributed by atoms with Gasteiger partial charge < -0.3 is 9.64 Å². The number of hydrogen-bond donors (Lipinski definition) is 0. The first kappa shape index (κ1) is 18.7. The fraction of sp³-hybridized carbons (Fsp3) is 0.381. The molecule has 0 unspecified atom stereocenters. The van der Waals surface area contributed by atoms with Crippen LogP contribution in [0.1, 0.15) is 22.8 Å². The lowest BCUT2D eigenvalue weighted by molar-refractivity contribution is 0.0926. The summed E-state index contributed by atoms with van der Waals surface area (Å²) in [6.45, 7) is 8.68. The third-order valence-electron chi connectivity index (χ3n) is 4.74. The van der Waals surface area contributed by atoms with Crippen molar-refractivity contribution in [1.29, 1.82) is 0 Å². The van der Waals surface area contributed by atoms with Gasteiger partial charge in [0.15, 0.2) is 5.78 Å². The highest BCUT2D eigenvalue weighted by molar-refractivity contribution is 6.30. The standard InChI is InChI=1S/C21H25ClN2O2/c1-3-26-19-8-5-17(6-9-19)21(25)15-23-10-12-24(13-11-23)20-14-18(22)7-4-16(20)2/h4-9,14H,3,10-13,15H2,1-2H3. The molecular weight excluding hydrogens is 348 g/mol. The van der Waals surface area contributed by atoms with Gasteiger partial charge in [0.05, 0.1) is 13.2 Å². The molecule has 0 saturated carbocycles. The molecule has 3 rings (SSSR count). The van der Waals surface area contributed by atoms with E-state index in [1.807, 2.05) is 43.3 Å². The van der Waals surface area contributed by atoms with Gasteiger partial charge in [-0.05, 0) is 55.8 Å². The molecule has 1 fully saturated rings. The Bertz CT molecular complexity index is 753. The van der Waals surface area contributed by atoms with E-state index in [9.17, 15) is 4.79 Å². The van der Waals surface area contributed by atoms with Crippen LogP contribution in [0, 0.1) is 6.92 Å². The summed E-state index contributed by atoms with van der Waals surface area (Å²) in [7, 11) is 0. The molecule has 4 nitrogen and oxygen atoms in total. The highest BCUT2D eigenvalue weighted by Crippen LogP contribution is 2.25. The van der Waals surface area contributed by atoms with Gasteiger partial charge in [-0.2, -0.15) is 0 Å².